The number of aromatic nitrogens is 2. The van der Waals surface area contributed by atoms with E-state index in [4.69, 9.17) is 16.7 Å². The Hall–Kier alpha value is -0.550. The molecule has 2 aromatic rings. The number of hydrogen-bond acceptors (Lipinski definition) is 1. The van der Waals surface area contributed by atoms with Crippen molar-refractivity contribution < 1.29 is 0 Å². The summed E-state index contributed by atoms with van der Waals surface area (Å²) in [5.41, 5.74) is 4.90. The highest BCUT2D eigenvalue weighted by atomic mass is 127. The maximum Gasteiger partial charge on any atom is 0.0669 e. The molecule has 0 unspecified atom stereocenters. The van der Waals surface area contributed by atoms with Gasteiger partial charge in [-0.2, -0.15) is 5.10 Å². The van der Waals surface area contributed by atoms with Crippen molar-refractivity contribution >= 4 is 34.2 Å². The molecule has 2 rings (SSSR count). The van der Waals surface area contributed by atoms with E-state index in [9.17, 15) is 0 Å². The molecule has 1 aromatic heterocycles. The van der Waals surface area contributed by atoms with Gasteiger partial charge in [-0.25, -0.2) is 0 Å². The van der Waals surface area contributed by atoms with Gasteiger partial charge in [-0.15, -0.1) is 11.6 Å². The molecule has 0 fully saturated rings. The second kappa shape index (κ2) is 6.75. The number of rotatable bonds is 5. The first-order valence-corrected chi connectivity index (χ1v) is 8.18. The van der Waals surface area contributed by atoms with Gasteiger partial charge < -0.3 is 0 Å². The number of aryl methyl sites for hydroxylation is 1. The van der Waals surface area contributed by atoms with E-state index in [1.807, 2.05) is 0 Å². The van der Waals surface area contributed by atoms with E-state index in [2.05, 4.69) is 65.4 Å². The zero-order chi connectivity index (χ0) is 13.8. The summed E-state index contributed by atoms with van der Waals surface area (Å²) in [6, 6.07) is 8.59. The van der Waals surface area contributed by atoms with Gasteiger partial charge >= 0.3 is 0 Å². The highest BCUT2D eigenvalue weighted by Gasteiger charge is 2.14. The second-order valence-corrected chi connectivity index (χ2v) is 6.01. The largest absolute Gasteiger partial charge is 0.265 e. The van der Waals surface area contributed by atoms with Crippen LogP contribution < -0.4 is 0 Å². The third-order valence-corrected chi connectivity index (χ3v) is 4.29. The Morgan fingerprint density at radius 1 is 1.16 bits per heavy atom. The number of nitrogens with zero attached hydrogens (tertiary/aromatic N) is 2. The summed E-state index contributed by atoms with van der Waals surface area (Å²) in [5.74, 6) is 0.555. The smallest absolute Gasteiger partial charge is 0.0669 e. The average Bonchev–Trinajstić information content (AvgIpc) is 2.78. The first-order valence-electron chi connectivity index (χ1n) is 6.57. The summed E-state index contributed by atoms with van der Waals surface area (Å²) in [4.78, 5) is 0. The Balaban J connectivity index is 2.34. The molecule has 0 bridgehead atoms. The molecular formula is C15H18ClIN2. The van der Waals surface area contributed by atoms with E-state index in [0.29, 0.717) is 5.88 Å². The van der Waals surface area contributed by atoms with Crippen molar-refractivity contribution in [2.75, 3.05) is 0 Å². The molecular weight excluding hydrogens is 371 g/mol. The van der Waals surface area contributed by atoms with Crippen LogP contribution in [0.4, 0.5) is 0 Å². The van der Waals surface area contributed by atoms with Crippen LogP contribution in [0.3, 0.4) is 0 Å². The molecule has 0 amide bonds. The van der Waals surface area contributed by atoms with Crippen LogP contribution in [-0.2, 0) is 25.3 Å². The third-order valence-electron chi connectivity index (χ3n) is 3.30. The zero-order valence-electron chi connectivity index (χ0n) is 11.3. The summed E-state index contributed by atoms with van der Waals surface area (Å²) in [7, 11) is 0. The average molecular weight is 389 g/mol. The molecule has 0 aliphatic heterocycles. The maximum atomic E-state index is 6.08. The molecule has 0 aliphatic carbocycles. The van der Waals surface area contributed by atoms with Gasteiger partial charge in [0.15, 0.2) is 0 Å². The van der Waals surface area contributed by atoms with Crippen LogP contribution in [0.5, 0.6) is 0 Å². The first kappa shape index (κ1) is 14.9. The number of halogens is 2. The molecule has 1 aromatic carbocycles. The summed E-state index contributed by atoms with van der Waals surface area (Å²) < 4.78 is 3.37. The molecule has 0 saturated heterocycles. The molecule has 19 heavy (non-hydrogen) atoms. The van der Waals surface area contributed by atoms with Gasteiger partial charge in [-0.1, -0.05) is 26.0 Å². The quantitative estimate of drug-likeness (QED) is 0.548. The topological polar surface area (TPSA) is 17.8 Å². The number of alkyl halides is 1. The summed E-state index contributed by atoms with van der Waals surface area (Å²) in [6.45, 7) is 5.12. The SMILES string of the molecule is CCc1nn(Cc2ccc(I)cc2)c(CC)c1CCl. The standard InChI is InChI=1S/C15H18ClIN2/c1-3-14-13(9-16)15(4-2)19(18-14)10-11-5-7-12(17)8-6-11/h5-8H,3-4,9-10H2,1-2H3. The Bertz CT molecular complexity index is 546. The highest BCUT2D eigenvalue weighted by Crippen LogP contribution is 2.20. The van der Waals surface area contributed by atoms with Crippen molar-refractivity contribution in [2.24, 2.45) is 0 Å². The lowest BCUT2D eigenvalue weighted by Crippen LogP contribution is -2.06. The van der Waals surface area contributed by atoms with Crippen LogP contribution in [0, 0.1) is 3.57 Å². The minimum Gasteiger partial charge on any atom is -0.265 e. The Labute approximate surface area is 133 Å². The van der Waals surface area contributed by atoms with Gasteiger partial charge in [-0.05, 0) is 53.1 Å². The van der Waals surface area contributed by atoms with Crippen LogP contribution in [0.2, 0.25) is 0 Å². The fraction of sp³-hybridized carbons (Fsp3) is 0.400. The van der Waals surface area contributed by atoms with Crippen LogP contribution in [0.15, 0.2) is 24.3 Å². The Morgan fingerprint density at radius 2 is 1.84 bits per heavy atom. The fourth-order valence-electron chi connectivity index (χ4n) is 2.32. The molecule has 4 heteroatoms. The minimum atomic E-state index is 0.555. The van der Waals surface area contributed by atoms with E-state index in [0.717, 1.165) is 25.1 Å². The van der Waals surface area contributed by atoms with Crippen molar-refractivity contribution in [2.45, 2.75) is 39.1 Å². The molecule has 0 atom stereocenters. The first-order chi connectivity index (χ1) is 9.19. The zero-order valence-corrected chi connectivity index (χ0v) is 14.2. The van der Waals surface area contributed by atoms with Crippen LogP contribution >= 0.6 is 34.2 Å². The lowest BCUT2D eigenvalue weighted by molar-refractivity contribution is 0.639. The normalized spacial score (nSPS) is 10.9. The molecule has 2 nitrogen and oxygen atoms in total. The van der Waals surface area contributed by atoms with Gasteiger partial charge in [0.1, 0.15) is 0 Å². The number of benzene rings is 1. The lowest BCUT2D eigenvalue weighted by Gasteiger charge is -2.07. The van der Waals surface area contributed by atoms with Gasteiger partial charge in [0.05, 0.1) is 18.1 Å². The van der Waals surface area contributed by atoms with Gasteiger partial charge in [0, 0.05) is 14.8 Å². The van der Waals surface area contributed by atoms with E-state index in [1.54, 1.807) is 0 Å². The predicted molar refractivity (Wildman–Crippen MR) is 88.8 cm³/mol. The monoisotopic (exact) mass is 388 g/mol. The molecule has 0 aliphatic rings. The van der Waals surface area contributed by atoms with Gasteiger partial charge in [-0.3, -0.25) is 4.68 Å². The highest BCUT2D eigenvalue weighted by molar-refractivity contribution is 14.1. The molecule has 1 heterocycles. The van der Waals surface area contributed by atoms with Crippen molar-refractivity contribution in [3.8, 4) is 0 Å². The minimum absolute atomic E-state index is 0.555. The number of hydrogen-bond donors (Lipinski definition) is 0. The summed E-state index contributed by atoms with van der Waals surface area (Å²) >= 11 is 8.40. The molecule has 0 N–H and O–H groups in total. The van der Waals surface area contributed by atoms with Crippen molar-refractivity contribution in [3.63, 3.8) is 0 Å². The molecule has 0 saturated carbocycles. The van der Waals surface area contributed by atoms with E-state index in [1.165, 1.54) is 20.4 Å². The van der Waals surface area contributed by atoms with Crippen LogP contribution in [0.1, 0.15) is 36.4 Å². The van der Waals surface area contributed by atoms with Crippen LogP contribution in [0.25, 0.3) is 0 Å². The summed E-state index contributed by atoms with van der Waals surface area (Å²) in [5, 5.41) is 4.72. The van der Waals surface area contributed by atoms with Crippen molar-refractivity contribution in [1.29, 1.82) is 0 Å². The second-order valence-electron chi connectivity index (χ2n) is 4.50. The summed E-state index contributed by atoms with van der Waals surface area (Å²) in [6.07, 6.45) is 1.91. The van der Waals surface area contributed by atoms with Gasteiger partial charge in [0.25, 0.3) is 0 Å². The maximum absolute atomic E-state index is 6.08. The predicted octanol–water partition coefficient (Wildman–Crippen LogP) is 4.40. The fourth-order valence-corrected chi connectivity index (χ4v) is 2.98. The van der Waals surface area contributed by atoms with Crippen molar-refractivity contribution in [1.82, 2.24) is 9.78 Å². The van der Waals surface area contributed by atoms with E-state index < -0.39 is 0 Å². The lowest BCUT2D eigenvalue weighted by atomic mass is 10.1. The van der Waals surface area contributed by atoms with Crippen molar-refractivity contribution in [3.05, 3.63) is 50.4 Å². The Kier molecular flexibility index (Phi) is 5.28. The molecule has 0 radical (unpaired) electrons. The van der Waals surface area contributed by atoms with E-state index >= 15 is 0 Å². The molecule has 102 valence electrons. The van der Waals surface area contributed by atoms with Gasteiger partial charge in [0.2, 0.25) is 0 Å². The van der Waals surface area contributed by atoms with E-state index in [-0.39, 0.29) is 0 Å². The van der Waals surface area contributed by atoms with Crippen LogP contribution in [-0.4, -0.2) is 9.78 Å². The Morgan fingerprint density at radius 3 is 2.37 bits per heavy atom. The molecule has 0 spiro atoms. The third kappa shape index (κ3) is 3.31.